The Labute approximate surface area is 72.4 Å². The molecule has 1 aliphatic rings. The normalized spacial score (nSPS) is 30.2. The van der Waals surface area contributed by atoms with Gasteiger partial charge in [0.25, 0.3) is 0 Å². The van der Waals surface area contributed by atoms with Crippen molar-refractivity contribution < 1.29 is 0 Å². The third-order valence-corrected chi connectivity index (χ3v) is 2.82. The quantitative estimate of drug-likeness (QED) is 0.653. The number of fused-ring (bicyclic) bond motifs is 1. The van der Waals surface area contributed by atoms with E-state index in [-0.39, 0.29) is 6.04 Å². The van der Waals surface area contributed by atoms with Gasteiger partial charge in [-0.1, -0.05) is 6.92 Å². The lowest BCUT2D eigenvalue weighted by atomic mass is 9.89. The second-order valence-electron chi connectivity index (χ2n) is 3.87. The zero-order valence-corrected chi connectivity index (χ0v) is 7.54. The summed E-state index contributed by atoms with van der Waals surface area (Å²) in [6.07, 6.45) is 3.02. The molecule has 3 heteroatoms. The van der Waals surface area contributed by atoms with E-state index in [2.05, 4.69) is 24.0 Å². The van der Waals surface area contributed by atoms with Gasteiger partial charge in [-0.25, -0.2) is 0 Å². The monoisotopic (exact) mass is 165 g/mol. The average Bonchev–Trinajstić information content (AvgIpc) is 2.44. The molecule has 0 saturated heterocycles. The topological polar surface area (TPSA) is 54.7 Å². The molecule has 3 unspecified atom stereocenters. The Kier molecular flexibility index (Phi) is 1.68. The van der Waals surface area contributed by atoms with Crippen molar-refractivity contribution in [1.82, 2.24) is 10.2 Å². The highest BCUT2D eigenvalue weighted by molar-refractivity contribution is 5.29. The zero-order chi connectivity index (χ0) is 8.72. The Bertz CT molecular complexity index is 277. The van der Waals surface area contributed by atoms with Gasteiger partial charge >= 0.3 is 0 Å². The van der Waals surface area contributed by atoms with Crippen LogP contribution in [0.5, 0.6) is 0 Å². The lowest BCUT2D eigenvalue weighted by molar-refractivity contribution is 0.436. The van der Waals surface area contributed by atoms with Crippen molar-refractivity contribution in [2.45, 2.75) is 32.2 Å². The zero-order valence-electron chi connectivity index (χ0n) is 7.54. The molecule has 66 valence electrons. The molecule has 1 aromatic heterocycles. The minimum atomic E-state index is 0.235. The van der Waals surface area contributed by atoms with E-state index in [1.54, 1.807) is 0 Å². The molecule has 0 spiro atoms. The number of aromatic nitrogens is 2. The first-order valence-corrected chi connectivity index (χ1v) is 4.48. The summed E-state index contributed by atoms with van der Waals surface area (Å²) in [5.74, 6) is 1.16. The van der Waals surface area contributed by atoms with Crippen LogP contribution < -0.4 is 5.73 Å². The smallest absolute Gasteiger partial charge is 0.0525 e. The lowest BCUT2D eigenvalue weighted by Gasteiger charge is -2.19. The number of aromatic amines is 1. The summed E-state index contributed by atoms with van der Waals surface area (Å²) in [5.41, 5.74) is 8.53. The molecule has 1 aromatic rings. The number of rotatable bonds is 1. The van der Waals surface area contributed by atoms with Gasteiger partial charge in [0.1, 0.15) is 0 Å². The second-order valence-corrected chi connectivity index (χ2v) is 3.87. The first-order chi connectivity index (χ1) is 5.70. The molecule has 0 saturated carbocycles. The van der Waals surface area contributed by atoms with Crippen molar-refractivity contribution in [3.05, 3.63) is 17.5 Å². The molecule has 0 radical (unpaired) electrons. The standard InChI is InChI=1S/C9H15N3/c1-5-3-8-7(4-11-12-8)9(5)6(2)10/h4-6,9H,3,10H2,1-2H3,(H,11,12). The first kappa shape index (κ1) is 7.80. The number of hydrogen-bond donors (Lipinski definition) is 2. The maximum absolute atomic E-state index is 5.92. The summed E-state index contributed by atoms with van der Waals surface area (Å²) >= 11 is 0. The van der Waals surface area contributed by atoms with Gasteiger partial charge in [0.05, 0.1) is 6.20 Å². The Morgan fingerprint density at radius 3 is 3.17 bits per heavy atom. The SMILES string of the molecule is CC(N)C1c2cn[nH]c2CC1C. The molecule has 0 bridgehead atoms. The minimum Gasteiger partial charge on any atom is -0.327 e. The minimum absolute atomic E-state index is 0.235. The predicted molar refractivity (Wildman–Crippen MR) is 47.8 cm³/mol. The van der Waals surface area contributed by atoms with Gasteiger partial charge in [0.2, 0.25) is 0 Å². The summed E-state index contributed by atoms with van der Waals surface area (Å²) in [4.78, 5) is 0. The van der Waals surface area contributed by atoms with Crippen LogP contribution in [-0.2, 0) is 6.42 Å². The molecule has 0 aliphatic heterocycles. The van der Waals surface area contributed by atoms with Gasteiger partial charge in [-0.2, -0.15) is 5.10 Å². The van der Waals surface area contributed by atoms with Crippen molar-refractivity contribution in [3.8, 4) is 0 Å². The molecule has 1 aliphatic carbocycles. The van der Waals surface area contributed by atoms with Crippen LogP contribution >= 0.6 is 0 Å². The molecule has 0 fully saturated rings. The van der Waals surface area contributed by atoms with Crippen molar-refractivity contribution in [2.75, 3.05) is 0 Å². The van der Waals surface area contributed by atoms with Gasteiger partial charge in [-0.15, -0.1) is 0 Å². The van der Waals surface area contributed by atoms with E-state index in [1.165, 1.54) is 11.3 Å². The van der Waals surface area contributed by atoms with Gasteiger partial charge < -0.3 is 5.73 Å². The maximum atomic E-state index is 5.92. The van der Waals surface area contributed by atoms with Gasteiger partial charge in [0, 0.05) is 17.7 Å². The molecule has 0 aromatic carbocycles. The first-order valence-electron chi connectivity index (χ1n) is 4.48. The molecule has 0 amide bonds. The largest absolute Gasteiger partial charge is 0.327 e. The van der Waals surface area contributed by atoms with Crippen LogP contribution in [0.2, 0.25) is 0 Å². The van der Waals surface area contributed by atoms with Crippen molar-refractivity contribution in [3.63, 3.8) is 0 Å². The third-order valence-electron chi connectivity index (χ3n) is 2.82. The number of H-pyrrole nitrogens is 1. The summed E-state index contributed by atoms with van der Waals surface area (Å²) in [6.45, 7) is 4.32. The highest BCUT2D eigenvalue weighted by Crippen LogP contribution is 2.37. The van der Waals surface area contributed by atoms with Crippen LogP contribution in [-0.4, -0.2) is 16.2 Å². The van der Waals surface area contributed by atoms with E-state index in [9.17, 15) is 0 Å². The number of nitrogens with zero attached hydrogens (tertiary/aromatic N) is 1. The van der Waals surface area contributed by atoms with Crippen molar-refractivity contribution >= 4 is 0 Å². The van der Waals surface area contributed by atoms with E-state index in [4.69, 9.17) is 5.73 Å². The van der Waals surface area contributed by atoms with Crippen LogP contribution in [0.15, 0.2) is 6.20 Å². The van der Waals surface area contributed by atoms with Crippen LogP contribution in [0, 0.1) is 5.92 Å². The number of nitrogens with two attached hydrogens (primary N) is 1. The van der Waals surface area contributed by atoms with Gasteiger partial charge in [-0.05, 0) is 24.8 Å². The molecular formula is C9H15N3. The fourth-order valence-corrected chi connectivity index (χ4v) is 2.33. The molecule has 12 heavy (non-hydrogen) atoms. The molecular weight excluding hydrogens is 150 g/mol. The second kappa shape index (κ2) is 2.59. The highest BCUT2D eigenvalue weighted by atomic mass is 15.1. The molecule has 2 rings (SSSR count). The van der Waals surface area contributed by atoms with E-state index < -0.39 is 0 Å². The van der Waals surface area contributed by atoms with Gasteiger partial charge in [-0.3, -0.25) is 5.10 Å². The average molecular weight is 165 g/mol. The molecule has 3 nitrogen and oxygen atoms in total. The Balaban J connectivity index is 2.35. The fraction of sp³-hybridized carbons (Fsp3) is 0.667. The highest BCUT2D eigenvalue weighted by Gasteiger charge is 2.33. The van der Waals surface area contributed by atoms with Gasteiger partial charge in [0.15, 0.2) is 0 Å². The summed E-state index contributed by atoms with van der Waals surface area (Å²) in [6, 6.07) is 0.235. The number of nitrogens with one attached hydrogen (secondary N) is 1. The Morgan fingerprint density at radius 1 is 1.75 bits per heavy atom. The van der Waals surface area contributed by atoms with Crippen molar-refractivity contribution in [1.29, 1.82) is 0 Å². The van der Waals surface area contributed by atoms with E-state index >= 15 is 0 Å². The Hall–Kier alpha value is -0.830. The number of hydrogen-bond acceptors (Lipinski definition) is 2. The summed E-state index contributed by atoms with van der Waals surface area (Å²) in [7, 11) is 0. The fourth-order valence-electron chi connectivity index (χ4n) is 2.33. The summed E-state index contributed by atoms with van der Waals surface area (Å²) in [5, 5.41) is 7.06. The maximum Gasteiger partial charge on any atom is 0.0525 e. The van der Waals surface area contributed by atoms with E-state index in [1.807, 2.05) is 6.20 Å². The van der Waals surface area contributed by atoms with Crippen molar-refractivity contribution in [2.24, 2.45) is 11.7 Å². The molecule has 1 heterocycles. The predicted octanol–water partition coefficient (Wildman–Crippen LogP) is 1.03. The van der Waals surface area contributed by atoms with E-state index in [0.717, 1.165) is 6.42 Å². The molecule has 3 atom stereocenters. The van der Waals surface area contributed by atoms with E-state index in [0.29, 0.717) is 11.8 Å². The summed E-state index contributed by atoms with van der Waals surface area (Å²) < 4.78 is 0. The van der Waals surface area contributed by atoms with Crippen LogP contribution in [0.25, 0.3) is 0 Å². The molecule has 3 N–H and O–H groups in total. The van der Waals surface area contributed by atoms with Crippen LogP contribution in [0.4, 0.5) is 0 Å². The third kappa shape index (κ3) is 0.966. The lowest BCUT2D eigenvalue weighted by Crippen LogP contribution is -2.26. The Morgan fingerprint density at radius 2 is 2.50 bits per heavy atom. The van der Waals surface area contributed by atoms with Crippen LogP contribution in [0.3, 0.4) is 0 Å². The van der Waals surface area contributed by atoms with Crippen LogP contribution in [0.1, 0.15) is 31.0 Å².